The Morgan fingerprint density at radius 2 is 2.06 bits per heavy atom. The molecule has 0 saturated carbocycles. The van der Waals surface area contributed by atoms with Crippen molar-refractivity contribution >= 4 is 12.1 Å². The maximum atomic E-state index is 12.1. The van der Waals surface area contributed by atoms with E-state index in [1.807, 2.05) is 6.07 Å². The predicted molar refractivity (Wildman–Crippen MR) is 67.8 cm³/mol. The van der Waals surface area contributed by atoms with Gasteiger partial charge in [-0.15, -0.1) is 0 Å². The van der Waals surface area contributed by atoms with Crippen LogP contribution in [0.25, 0.3) is 0 Å². The summed E-state index contributed by atoms with van der Waals surface area (Å²) in [5.74, 6) is 0.651. The maximum absolute atomic E-state index is 12.1. The van der Waals surface area contributed by atoms with Crippen LogP contribution < -0.4 is 0 Å². The highest BCUT2D eigenvalue weighted by Crippen LogP contribution is 2.18. The number of benzene rings is 1. The normalized spacial score (nSPS) is 12.1. The van der Waals surface area contributed by atoms with Gasteiger partial charge in [0.15, 0.2) is 5.76 Å². The van der Waals surface area contributed by atoms with E-state index in [0.717, 1.165) is 11.8 Å². The second kappa shape index (κ2) is 5.00. The van der Waals surface area contributed by atoms with Gasteiger partial charge in [-0.1, -0.05) is 25.1 Å². The van der Waals surface area contributed by atoms with Gasteiger partial charge in [0, 0.05) is 11.5 Å². The van der Waals surface area contributed by atoms with E-state index in [4.69, 9.17) is 4.42 Å². The minimum Gasteiger partial charge on any atom is -0.458 e. The molecular weight excluding hydrogens is 228 g/mol. The van der Waals surface area contributed by atoms with Gasteiger partial charge in [-0.2, -0.15) is 0 Å². The van der Waals surface area contributed by atoms with Crippen LogP contribution in [0.3, 0.4) is 0 Å². The number of aryl methyl sites for hydroxylation is 1. The Balaban J connectivity index is 2.34. The third-order valence-corrected chi connectivity index (χ3v) is 2.84. The molecule has 3 heteroatoms. The molecule has 0 aliphatic carbocycles. The van der Waals surface area contributed by atoms with E-state index in [2.05, 4.69) is 0 Å². The Hall–Kier alpha value is -2.16. The van der Waals surface area contributed by atoms with Crippen molar-refractivity contribution < 1.29 is 14.0 Å². The summed E-state index contributed by atoms with van der Waals surface area (Å²) in [6.07, 6.45) is 0.862. The third kappa shape index (κ3) is 2.40. The zero-order valence-corrected chi connectivity index (χ0v) is 10.3. The first kappa shape index (κ1) is 12.3. The molecule has 0 aliphatic rings. The fraction of sp³-hybridized carbons (Fsp3) is 0.200. The van der Waals surface area contributed by atoms with Gasteiger partial charge >= 0.3 is 0 Å². The summed E-state index contributed by atoms with van der Waals surface area (Å²) in [6.45, 7) is 3.59. The van der Waals surface area contributed by atoms with Crippen LogP contribution in [-0.4, -0.2) is 12.1 Å². The molecule has 0 N–H and O–H groups in total. The molecule has 0 aliphatic heterocycles. The van der Waals surface area contributed by atoms with E-state index < -0.39 is 0 Å². The monoisotopic (exact) mass is 242 g/mol. The maximum Gasteiger partial charge on any atom is 0.228 e. The highest BCUT2D eigenvalue weighted by Gasteiger charge is 2.14. The second-order valence-corrected chi connectivity index (χ2v) is 4.29. The number of ketones is 1. The molecule has 0 radical (unpaired) electrons. The van der Waals surface area contributed by atoms with Crippen molar-refractivity contribution in [1.82, 2.24) is 0 Å². The van der Waals surface area contributed by atoms with Gasteiger partial charge in [-0.3, -0.25) is 4.79 Å². The molecule has 0 saturated heterocycles. The summed E-state index contributed by atoms with van der Waals surface area (Å²) >= 11 is 0. The zero-order chi connectivity index (χ0) is 13.1. The first-order valence-corrected chi connectivity index (χ1v) is 5.78. The molecule has 1 aromatic carbocycles. The van der Waals surface area contributed by atoms with Gasteiger partial charge in [-0.25, -0.2) is 0 Å². The van der Waals surface area contributed by atoms with Crippen molar-refractivity contribution in [1.29, 1.82) is 0 Å². The Morgan fingerprint density at radius 1 is 1.28 bits per heavy atom. The van der Waals surface area contributed by atoms with E-state index in [1.54, 1.807) is 44.2 Å². The number of hydrogen-bond donors (Lipinski definition) is 0. The molecule has 3 nitrogen and oxygen atoms in total. The number of rotatable bonds is 4. The Labute approximate surface area is 105 Å². The average molecular weight is 242 g/mol. The summed E-state index contributed by atoms with van der Waals surface area (Å²) in [4.78, 5) is 22.9. The summed E-state index contributed by atoms with van der Waals surface area (Å²) in [5, 5.41) is 0. The second-order valence-electron chi connectivity index (χ2n) is 4.29. The van der Waals surface area contributed by atoms with Crippen molar-refractivity contribution in [3.8, 4) is 0 Å². The number of carbonyl (C=O) groups excluding carboxylic acids is 2. The standard InChI is InChI=1S/C15H14O3/c1-10(9-16)12-4-3-5-13(8-12)15(17)14-7-6-11(2)18-14/h3-10H,1-2H3. The lowest BCUT2D eigenvalue weighted by molar-refractivity contribution is -0.108. The van der Waals surface area contributed by atoms with Crippen LogP contribution in [0.1, 0.15) is 40.3 Å². The smallest absolute Gasteiger partial charge is 0.228 e. The molecule has 1 heterocycles. The van der Waals surface area contributed by atoms with Crippen molar-refractivity contribution in [2.45, 2.75) is 19.8 Å². The topological polar surface area (TPSA) is 47.3 Å². The highest BCUT2D eigenvalue weighted by atomic mass is 16.3. The highest BCUT2D eigenvalue weighted by molar-refractivity contribution is 6.07. The molecule has 0 fully saturated rings. The Bertz CT molecular complexity index is 581. The molecule has 92 valence electrons. The molecule has 18 heavy (non-hydrogen) atoms. The van der Waals surface area contributed by atoms with Crippen LogP contribution in [0.5, 0.6) is 0 Å². The van der Waals surface area contributed by atoms with Gasteiger partial charge in [0.25, 0.3) is 0 Å². The predicted octanol–water partition coefficient (Wildman–Crippen LogP) is 3.12. The minimum atomic E-state index is -0.212. The van der Waals surface area contributed by atoms with Gasteiger partial charge in [0.2, 0.25) is 5.78 Å². The lowest BCUT2D eigenvalue weighted by Gasteiger charge is -2.05. The summed E-state index contributed by atoms with van der Waals surface area (Å²) in [5.41, 5.74) is 1.37. The fourth-order valence-corrected chi connectivity index (χ4v) is 1.74. The van der Waals surface area contributed by atoms with E-state index in [1.165, 1.54) is 0 Å². The summed E-state index contributed by atoms with van der Waals surface area (Å²) in [7, 11) is 0. The molecule has 0 bridgehead atoms. The third-order valence-electron chi connectivity index (χ3n) is 2.84. The zero-order valence-electron chi connectivity index (χ0n) is 10.3. The van der Waals surface area contributed by atoms with E-state index >= 15 is 0 Å². The lowest BCUT2D eigenvalue weighted by atomic mass is 9.98. The van der Waals surface area contributed by atoms with Gasteiger partial charge in [0.05, 0.1) is 0 Å². The molecule has 2 aromatic rings. The van der Waals surface area contributed by atoms with E-state index in [9.17, 15) is 9.59 Å². The van der Waals surface area contributed by atoms with Crippen molar-refractivity contribution in [2.75, 3.05) is 0 Å². The van der Waals surface area contributed by atoms with E-state index in [0.29, 0.717) is 17.1 Å². The summed E-state index contributed by atoms with van der Waals surface area (Å²) < 4.78 is 5.31. The van der Waals surface area contributed by atoms with Crippen LogP contribution in [-0.2, 0) is 4.79 Å². The SMILES string of the molecule is Cc1ccc(C(=O)c2cccc(C(C)C=O)c2)o1. The van der Waals surface area contributed by atoms with Crippen LogP contribution >= 0.6 is 0 Å². The van der Waals surface area contributed by atoms with Crippen molar-refractivity contribution in [2.24, 2.45) is 0 Å². The molecule has 2 rings (SSSR count). The van der Waals surface area contributed by atoms with Crippen LogP contribution in [0.4, 0.5) is 0 Å². The fourth-order valence-electron chi connectivity index (χ4n) is 1.74. The van der Waals surface area contributed by atoms with Crippen LogP contribution in [0.15, 0.2) is 40.8 Å². The van der Waals surface area contributed by atoms with Crippen LogP contribution in [0.2, 0.25) is 0 Å². The Morgan fingerprint density at radius 3 is 2.67 bits per heavy atom. The van der Waals surface area contributed by atoms with Crippen molar-refractivity contribution in [3.63, 3.8) is 0 Å². The quantitative estimate of drug-likeness (QED) is 0.611. The number of aldehydes is 1. The number of hydrogen-bond acceptors (Lipinski definition) is 3. The van der Waals surface area contributed by atoms with E-state index in [-0.39, 0.29) is 11.7 Å². The first-order chi connectivity index (χ1) is 8.61. The average Bonchev–Trinajstić information content (AvgIpc) is 2.83. The number of furan rings is 1. The Kier molecular flexibility index (Phi) is 3.42. The first-order valence-electron chi connectivity index (χ1n) is 5.78. The lowest BCUT2D eigenvalue weighted by Crippen LogP contribution is -2.02. The van der Waals surface area contributed by atoms with Gasteiger partial charge in [-0.05, 0) is 30.7 Å². The number of carbonyl (C=O) groups is 2. The van der Waals surface area contributed by atoms with Crippen LogP contribution in [0, 0.1) is 6.92 Å². The molecular formula is C15H14O3. The molecule has 1 atom stereocenters. The van der Waals surface area contributed by atoms with Gasteiger partial charge < -0.3 is 9.21 Å². The molecule has 0 spiro atoms. The minimum absolute atomic E-state index is 0.164. The summed E-state index contributed by atoms with van der Waals surface area (Å²) in [6, 6.07) is 10.5. The molecule has 0 amide bonds. The van der Waals surface area contributed by atoms with Crippen molar-refractivity contribution in [3.05, 3.63) is 59.0 Å². The van der Waals surface area contributed by atoms with Gasteiger partial charge in [0.1, 0.15) is 12.0 Å². The molecule has 1 unspecified atom stereocenters. The largest absolute Gasteiger partial charge is 0.458 e. The molecule has 1 aromatic heterocycles.